The number of halogens is 1. The van der Waals surface area contributed by atoms with E-state index in [4.69, 9.17) is 9.72 Å². The number of carbonyl (C=O) groups is 2. The Labute approximate surface area is 186 Å². The number of aromatic nitrogens is 1. The van der Waals surface area contributed by atoms with Crippen molar-refractivity contribution in [3.63, 3.8) is 0 Å². The Morgan fingerprint density at radius 3 is 2.69 bits per heavy atom. The van der Waals surface area contributed by atoms with Gasteiger partial charge in [0.2, 0.25) is 5.91 Å². The number of amides is 2. The van der Waals surface area contributed by atoms with Crippen molar-refractivity contribution in [1.29, 1.82) is 0 Å². The summed E-state index contributed by atoms with van der Waals surface area (Å²) < 4.78 is 19.8. The van der Waals surface area contributed by atoms with Gasteiger partial charge in [-0.05, 0) is 30.2 Å². The van der Waals surface area contributed by atoms with E-state index in [1.54, 1.807) is 43.3 Å². The van der Waals surface area contributed by atoms with Gasteiger partial charge in [-0.1, -0.05) is 36.4 Å². The Kier molecular flexibility index (Phi) is 6.46. The fourth-order valence-corrected chi connectivity index (χ4v) is 3.93. The van der Waals surface area contributed by atoms with Crippen LogP contribution in [0, 0.1) is 5.82 Å². The first kappa shape index (κ1) is 21.9. The zero-order valence-electron chi connectivity index (χ0n) is 18.3. The van der Waals surface area contributed by atoms with E-state index in [1.807, 2.05) is 24.3 Å². The summed E-state index contributed by atoms with van der Waals surface area (Å²) in [5.74, 6) is -0.455. The van der Waals surface area contributed by atoms with Crippen molar-refractivity contribution in [2.45, 2.75) is 18.9 Å². The minimum Gasteiger partial charge on any atom is -0.368 e. The molecule has 0 aliphatic carbocycles. The summed E-state index contributed by atoms with van der Waals surface area (Å²) in [7, 11) is 3.43. The molecule has 2 heterocycles. The van der Waals surface area contributed by atoms with Crippen LogP contribution in [-0.4, -0.2) is 60.4 Å². The summed E-state index contributed by atoms with van der Waals surface area (Å²) in [6.45, 7) is 1.20. The normalized spacial score (nSPS) is 16.2. The zero-order valence-corrected chi connectivity index (χ0v) is 18.3. The molecule has 0 bridgehead atoms. The van der Waals surface area contributed by atoms with Crippen LogP contribution in [0.5, 0.6) is 0 Å². The Hall–Kier alpha value is -3.32. The Morgan fingerprint density at radius 1 is 1.16 bits per heavy atom. The molecule has 7 heteroatoms. The molecular formula is C25H26FN3O3. The molecule has 2 aromatic carbocycles. The molecule has 2 amide bonds. The number of carbonyl (C=O) groups excluding carboxylic acids is 2. The lowest BCUT2D eigenvalue weighted by Crippen LogP contribution is -2.42. The van der Waals surface area contributed by atoms with Gasteiger partial charge in [-0.15, -0.1) is 0 Å². The van der Waals surface area contributed by atoms with Gasteiger partial charge in [0.25, 0.3) is 5.91 Å². The third-order valence-corrected chi connectivity index (χ3v) is 5.69. The minimum atomic E-state index is -0.431. The van der Waals surface area contributed by atoms with Crippen LogP contribution in [0.4, 0.5) is 4.39 Å². The van der Waals surface area contributed by atoms with Gasteiger partial charge in [-0.2, -0.15) is 0 Å². The molecule has 0 saturated carbocycles. The number of benzene rings is 2. The highest BCUT2D eigenvalue weighted by Crippen LogP contribution is 2.27. The van der Waals surface area contributed by atoms with E-state index in [0.717, 1.165) is 5.39 Å². The van der Waals surface area contributed by atoms with Gasteiger partial charge < -0.3 is 14.5 Å². The van der Waals surface area contributed by atoms with Crippen LogP contribution in [0.3, 0.4) is 0 Å². The molecule has 1 saturated heterocycles. The lowest BCUT2D eigenvalue weighted by Gasteiger charge is -2.33. The molecule has 0 spiro atoms. The molecule has 1 aliphatic rings. The molecule has 32 heavy (non-hydrogen) atoms. The van der Waals surface area contributed by atoms with Crippen molar-refractivity contribution in [2.75, 3.05) is 33.8 Å². The third-order valence-electron chi connectivity index (χ3n) is 5.69. The van der Waals surface area contributed by atoms with E-state index in [1.165, 1.54) is 11.0 Å². The number of rotatable bonds is 5. The number of morpholine rings is 1. The predicted molar refractivity (Wildman–Crippen MR) is 120 cm³/mol. The van der Waals surface area contributed by atoms with E-state index in [9.17, 15) is 14.0 Å². The number of fused-ring (bicyclic) bond motifs is 1. The molecule has 166 valence electrons. The quantitative estimate of drug-likeness (QED) is 0.614. The summed E-state index contributed by atoms with van der Waals surface area (Å²) >= 11 is 0. The van der Waals surface area contributed by atoms with Crippen LogP contribution in [0.2, 0.25) is 0 Å². The molecular weight excluding hydrogens is 409 g/mol. The highest BCUT2D eigenvalue weighted by atomic mass is 19.1. The van der Waals surface area contributed by atoms with Crippen molar-refractivity contribution in [3.05, 3.63) is 77.2 Å². The van der Waals surface area contributed by atoms with Crippen molar-refractivity contribution in [3.8, 4) is 0 Å². The highest BCUT2D eigenvalue weighted by Gasteiger charge is 2.28. The van der Waals surface area contributed by atoms with E-state index < -0.39 is 6.10 Å². The first-order valence-electron chi connectivity index (χ1n) is 10.7. The minimum absolute atomic E-state index is 0.0491. The number of ether oxygens (including phenoxy) is 1. The average Bonchev–Trinajstić information content (AvgIpc) is 2.82. The first-order valence-corrected chi connectivity index (χ1v) is 10.7. The van der Waals surface area contributed by atoms with Gasteiger partial charge in [0, 0.05) is 32.4 Å². The van der Waals surface area contributed by atoms with Crippen molar-refractivity contribution in [1.82, 2.24) is 14.8 Å². The monoisotopic (exact) mass is 435 g/mol. The molecule has 1 fully saturated rings. The summed E-state index contributed by atoms with van der Waals surface area (Å²) in [4.78, 5) is 33.6. The number of hydrogen-bond acceptors (Lipinski definition) is 4. The lowest BCUT2D eigenvalue weighted by atomic mass is 10.0. The van der Waals surface area contributed by atoms with Crippen LogP contribution in [0.1, 0.15) is 34.1 Å². The fourth-order valence-electron chi connectivity index (χ4n) is 3.93. The molecule has 1 aromatic heterocycles. The van der Waals surface area contributed by atoms with E-state index >= 15 is 0 Å². The molecule has 3 aromatic rings. The maximum Gasteiger partial charge on any atom is 0.254 e. The summed E-state index contributed by atoms with van der Waals surface area (Å²) in [5.41, 5.74) is 2.43. The second-order valence-corrected chi connectivity index (χ2v) is 8.10. The largest absolute Gasteiger partial charge is 0.368 e. The highest BCUT2D eigenvalue weighted by molar-refractivity contribution is 6.06. The number of nitrogens with zero attached hydrogens (tertiary/aromatic N) is 3. The van der Waals surface area contributed by atoms with Crippen molar-refractivity contribution < 1.29 is 18.7 Å². The molecule has 1 unspecified atom stereocenters. The standard InChI is InChI=1S/C25H26FN3O3/c1-28(2)25(31)19-15-22(27-21-10-6-4-8-18(19)21)23-16-29(13-14-32-23)24(30)12-11-17-7-3-5-9-20(17)26/h3-10,15,23H,11-14,16H2,1-2H3. The summed E-state index contributed by atoms with van der Waals surface area (Å²) in [6, 6.07) is 15.8. The van der Waals surface area contributed by atoms with Crippen LogP contribution >= 0.6 is 0 Å². The van der Waals surface area contributed by atoms with Gasteiger partial charge in [-0.25, -0.2) is 9.37 Å². The van der Waals surface area contributed by atoms with E-state index in [-0.39, 0.29) is 24.1 Å². The maximum atomic E-state index is 13.9. The Balaban J connectivity index is 1.53. The van der Waals surface area contributed by atoms with Gasteiger partial charge in [0.15, 0.2) is 0 Å². The van der Waals surface area contributed by atoms with Gasteiger partial charge >= 0.3 is 0 Å². The van der Waals surface area contributed by atoms with Crippen LogP contribution in [-0.2, 0) is 16.0 Å². The fraction of sp³-hybridized carbons (Fsp3) is 0.320. The topological polar surface area (TPSA) is 62.7 Å². The second kappa shape index (κ2) is 9.44. The summed E-state index contributed by atoms with van der Waals surface area (Å²) in [5, 5.41) is 0.781. The van der Waals surface area contributed by atoms with Crippen LogP contribution < -0.4 is 0 Å². The SMILES string of the molecule is CN(C)C(=O)c1cc(C2CN(C(=O)CCc3ccccc3F)CCO2)nc2ccccc12. The molecule has 4 rings (SSSR count). The lowest BCUT2D eigenvalue weighted by molar-refractivity contribution is -0.139. The number of para-hydroxylation sites is 1. The number of pyridine rings is 1. The number of aryl methyl sites for hydroxylation is 1. The first-order chi connectivity index (χ1) is 15.4. The maximum absolute atomic E-state index is 13.9. The molecule has 0 N–H and O–H groups in total. The zero-order chi connectivity index (χ0) is 22.7. The third kappa shape index (κ3) is 4.62. The molecule has 6 nitrogen and oxygen atoms in total. The molecule has 1 atom stereocenters. The molecule has 1 aliphatic heterocycles. The molecule has 0 radical (unpaired) electrons. The van der Waals surface area contributed by atoms with E-state index in [2.05, 4.69) is 0 Å². The second-order valence-electron chi connectivity index (χ2n) is 8.10. The smallest absolute Gasteiger partial charge is 0.254 e. The van der Waals surface area contributed by atoms with Gasteiger partial charge in [-0.3, -0.25) is 9.59 Å². The predicted octanol–water partition coefficient (Wildman–Crippen LogP) is 3.61. The van der Waals surface area contributed by atoms with Crippen molar-refractivity contribution >= 4 is 22.7 Å². The van der Waals surface area contributed by atoms with Gasteiger partial charge in [0.05, 0.1) is 29.9 Å². The number of hydrogen-bond donors (Lipinski definition) is 0. The van der Waals surface area contributed by atoms with E-state index in [0.29, 0.717) is 48.5 Å². The van der Waals surface area contributed by atoms with Gasteiger partial charge in [0.1, 0.15) is 11.9 Å². The average molecular weight is 435 g/mol. The van der Waals surface area contributed by atoms with Crippen LogP contribution in [0.25, 0.3) is 10.9 Å². The Morgan fingerprint density at radius 2 is 1.91 bits per heavy atom. The van der Waals surface area contributed by atoms with Crippen molar-refractivity contribution in [2.24, 2.45) is 0 Å². The Bertz CT molecular complexity index is 1150. The van der Waals surface area contributed by atoms with Crippen LogP contribution in [0.15, 0.2) is 54.6 Å². The summed E-state index contributed by atoms with van der Waals surface area (Å²) in [6.07, 6.45) is 0.145.